The number of halogens is 1. The third-order valence-electron chi connectivity index (χ3n) is 5.18. The Labute approximate surface area is 143 Å². The molecule has 0 amide bonds. The molecule has 0 bridgehead atoms. The molecule has 0 heterocycles. The van der Waals surface area contributed by atoms with Gasteiger partial charge in [-0.05, 0) is 59.6 Å². The molecule has 0 saturated heterocycles. The Balaban J connectivity index is 2.17. The Bertz CT molecular complexity index is 735. The largest absolute Gasteiger partial charge is 0.497 e. The van der Waals surface area contributed by atoms with Crippen LogP contribution in [0.25, 0.3) is 11.1 Å². The minimum absolute atomic E-state index is 0.0235. The van der Waals surface area contributed by atoms with Gasteiger partial charge in [0, 0.05) is 12.7 Å². The number of hydrogen-bond acceptors (Lipinski definition) is 2. The van der Waals surface area contributed by atoms with Crippen molar-refractivity contribution in [3.05, 3.63) is 53.3 Å². The molecule has 2 aromatic carbocycles. The lowest BCUT2D eigenvalue weighted by Gasteiger charge is -2.26. The molecule has 0 spiro atoms. The van der Waals surface area contributed by atoms with Crippen molar-refractivity contribution in [2.75, 3.05) is 14.2 Å². The fourth-order valence-electron chi connectivity index (χ4n) is 3.38. The number of methoxy groups -OCH3 is 2. The molecule has 1 unspecified atom stereocenters. The van der Waals surface area contributed by atoms with Crippen LogP contribution in [0.5, 0.6) is 5.75 Å². The normalized spacial score (nSPS) is 16.7. The summed E-state index contributed by atoms with van der Waals surface area (Å²) >= 11 is 0. The zero-order valence-corrected chi connectivity index (χ0v) is 14.9. The molecule has 1 aliphatic carbocycles. The van der Waals surface area contributed by atoms with Crippen molar-refractivity contribution in [1.29, 1.82) is 0 Å². The highest BCUT2D eigenvalue weighted by atomic mass is 19.1. The Hall–Kier alpha value is -1.87. The van der Waals surface area contributed by atoms with E-state index in [1.165, 1.54) is 11.6 Å². The van der Waals surface area contributed by atoms with Gasteiger partial charge in [-0.2, -0.15) is 0 Å². The summed E-state index contributed by atoms with van der Waals surface area (Å²) in [5.74, 6) is 0.417. The third-order valence-corrected chi connectivity index (χ3v) is 5.18. The van der Waals surface area contributed by atoms with E-state index in [0.717, 1.165) is 30.4 Å². The fraction of sp³-hybridized carbons (Fsp3) is 0.429. The zero-order valence-electron chi connectivity index (χ0n) is 14.9. The summed E-state index contributed by atoms with van der Waals surface area (Å²) in [5.41, 5.74) is 3.92. The summed E-state index contributed by atoms with van der Waals surface area (Å²) in [7, 11) is 3.35. The molecular formula is C21H25FO2. The standard InChI is InChI=1S/C21H25FO2/c1-5-14-6-8-16(17-13-15(23-3)7-9-19(17)22)18(12-14)20(24-4)21(2)10-11-21/h6-9,12-13,20H,5,10-11H2,1-4H3. The van der Waals surface area contributed by atoms with Gasteiger partial charge in [-0.1, -0.05) is 32.0 Å². The summed E-state index contributed by atoms with van der Waals surface area (Å²) in [6.45, 7) is 4.37. The van der Waals surface area contributed by atoms with Crippen LogP contribution in [0.15, 0.2) is 36.4 Å². The molecule has 2 aromatic rings. The van der Waals surface area contributed by atoms with Crippen molar-refractivity contribution >= 4 is 0 Å². The molecule has 3 rings (SSSR count). The Morgan fingerprint density at radius 2 is 1.83 bits per heavy atom. The van der Waals surface area contributed by atoms with Crippen molar-refractivity contribution in [1.82, 2.24) is 0 Å². The van der Waals surface area contributed by atoms with E-state index in [-0.39, 0.29) is 17.3 Å². The molecule has 0 N–H and O–H groups in total. The topological polar surface area (TPSA) is 18.5 Å². The van der Waals surface area contributed by atoms with Crippen LogP contribution in [-0.2, 0) is 11.2 Å². The molecule has 3 heteroatoms. The lowest BCUT2D eigenvalue weighted by molar-refractivity contribution is 0.0469. The minimum atomic E-state index is -0.239. The van der Waals surface area contributed by atoms with Gasteiger partial charge in [0.15, 0.2) is 0 Å². The second kappa shape index (κ2) is 6.56. The quantitative estimate of drug-likeness (QED) is 0.692. The van der Waals surface area contributed by atoms with Gasteiger partial charge in [-0.25, -0.2) is 4.39 Å². The van der Waals surface area contributed by atoms with Gasteiger partial charge in [0.25, 0.3) is 0 Å². The highest BCUT2D eigenvalue weighted by Gasteiger charge is 2.46. The second-order valence-corrected chi connectivity index (χ2v) is 6.89. The van der Waals surface area contributed by atoms with Crippen LogP contribution >= 0.6 is 0 Å². The lowest BCUT2D eigenvalue weighted by Crippen LogP contribution is -2.14. The van der Waals surface area contributed by atoms with E-state index >= 15 is 0 Å². The van der Waals surface area contributed by atoms with Crippen LogP contribution in [0.3, 0.4) is 0 Å². The molecule has 0 radical (unpaired) electrons. The first kappa shape index (κ1) is 17.0. The highest BCUT2D eigenvalue weighted by Crippen LogP contribution is 2.57. The maximum absolute atomic E-state index is 14.5. The molecular weight excluding hydrogens is 303 g/mol. The Kier molecular flexibility index (Phi) is 4.64. The van der Waals surface area contributed by atoms with Crippen LogP contribution in [-0.4, -0.2) is 14.2 Å². The van der Waals surface area contributed by atoms with Crippen LogP contribution in [0.4, 0.5) is 4.39 Å². The Morgan fingerprint density at radius 1 is 1.08 bits per heavy atom. The monoisotopic (exact) mass is 328 g/mol. The minimum Gasteiger partial charge on any atom is -0.497 e. The predicted molar refractivity (Wildman–Crippen MR) is 94.9 cm³/mol. The molecule has 1 saturated carbocycles. The molecule has 1 fully saturated rings. The van der Waals surface area contributed by atoms with Crippen LogP contribution in [0.2, 0.25) is 0 Å². The van der Waals surface area contributed by atoms with E-state index in [1.807, 2.05) is 6.07 Å². The highest BCUT2D eigenvalue weighted by molar-refractivity contribution is 5.70. The number of ether oxygens (including phenoxy) is 2. The maximum atomic E-state index is 14.5. The van der Waals surface area contributed by atoms with E-state index in [4.69, 9.17) is 9.47 Å². The molecule has 24 heavy (non-hydrogen) atoms. The first-order valence-corrected chi connectivity index (χ1v) is 8.52. The average Bonchev–Trinajstić information content (AvgIpc) is 3.34. The molecule has 0 aromatic heterocycles. The number of rotatable bonds is 6. The van der Waals surface area contributed by atoms with Gasteiger partial charge in [0.05, 0.1) is 13.2 Å². The van der Waals surface area contributed by atoms with Gasteiger partial charge in [-0.15, -0.1) is 0 Å². The fourth-order valence-corrected chi connectivity index (χ4v) is 3.38. The SMILES string of the molecule is CCc1ccc(-c2cc(OC)ccc2F)c(C(OC)C2(C)CC2)c1. The summed E-state index contributed by atoms with van der Waals surface area (Å²) in [4.78, 5) is 0. The second-order valence-electron chi connectivity index (χ2n) is 6.89. The van der Waals surface area contributed by atoms with E-state index < -0.39 is 0 Å². The number of benzene rings is 2. The van der Waals surface area contributed by atoms with Crippen molar-refractivity contribution in [3.8, 4) is 16.9 Å². The number of aryl methyl sites for hydroxylation is 1. The molecule has 1 aliphatic rings. The van der Waals surface area contributed by atoms with Crippen molar-refractivity contribution in [2.45, 2.75) is 39.2 Å². The first-order valence-electron chi connectivity index (χ1n) is 8.52. The van der Waals surface area contributed by atoms with Crippen LogP contribution in [0.1, 0.15) is 43.9 Å². The Morgan fingerprint density at radius 3 is 2.42 bits per heavy atom. The molecule has 2 nitrogen and oxygen atoms in total. The first-order chi connectivity index (χ1) is 11.5. The van der Waals surface area contributed by atoms with Crippen molar-refractivity contribution in [2.24, 2.45) is 5.41 Å². The van der Waals surface area contributed by atoms with Gasteiger partial charge >= 0.3 is 0 Å². The molecule has 1 atom stereocenters. The summed E-state index contributed by atoms with van der Waals surface area (Å²) in [6, 6.07) is 11.1. The smallest absolute Gasteiger partial charge is 0.131 e. The van der Waals surface area contributed by atoms with Crippen LogP contribution in [0, 0.1) is 11.2 Å². The summed E-state index contributed by atoms with van der Waals surface area (Å²) in [6.07, 6.45) is 3.20. The van der Waals surface area contributed by atoms with Gasteiger partial charge in [0.2, 0.25) is 0 Å². The lowest BCUT2D eigenvalue weighted by atomic mass is 9.87. The van der Waals surface area contributed by atoms with Gasteiger partial charge in [-0.3, -0.25) is 0 Å². The zero-order chi connectivity index (χ0) is 17.3. The summed E-state index contributed by atoms with van der Waals surface area (Å²) < 4.78 is 25.7. The van der Waals surface area contributed by atoms with E-state index in [0.29, 0.717) is 11.3 Å². The number of hydrogen-bond donors (Lipinski definition) is 0. The third kappa shape index (κ3) is 3.05. The maximum Gasteiger partial charge on any atom is 0.131 e. The summed E-state index contributed by atoms with van der Waals surface area (Å²) in [5, 5.41) is 0. The van der Waals surface area contributed by atoms with Gasteiger partial charge < -0.3 is 9.47 Å². The molecule has 128 valence electrons. The average molecular weight is 328 g/mol. The van der Waals surface area contributed by atoms with E-state index in [2.05, 4.69) is 26.0 Å². The van der Waals surface area contributed by atoms with Gasteiger partial charge in [0.1, 0.15) is 11.6 Å². The van der Waals surface area contributed by atoms with Crippen LogP contribution < -0.4 is 4.74 Å². The van der Waals surface area contributed by atoms with Crippen molar-refractivity contribution in [3.63, 3.8) is 0 Å². The van der Waals surface area contributed by atoms with Crippen molar-refractivity contribution < 1.29 is 13.9 Å². The van der Waals surface area contributed by atoms with E-state index in [9.17, 15) is 4.39 Å². The van der Waals surface area contributed by atoms with E-state index in [1.54, 1.807) is 26.4 Å². The predicted octanol–water partition coefficient (Wildman–Crippen LogP) is 5.55. The molecule has 0 aliphatic heterocycles.